The normalized spacial score (nSPS) is 20.9. The third-order valence-corrected chi connectivity index (χ3v) is 6.21. The Morgan fingerprint density at radius 1 is 1.38 bits per heavy atom. The molecular formula is C16H25ClN2O4S. The van der Waals surface area contributed by atoms with Crippen LogP contribution in [0.1, 0.15) is 36.2 Å². The fourth-order valence-electron chi connectivity index (χ4n) is 2.81. The second-order valence-electron chi connectivity index (χ2n) is 6.62. The highest BCUT2D eigenvalue weighted by Gasteiger charge is 2.38. The highest BCUT2D eigenvalue weighted by Crippen LogP contribution is 2.30. The number of nitrogens with zero attached hydrogens (tertiary/aromatic N) is 1. The molecule has 6 nitrogen and oxygen atoms in total. The van der Waals surface area contributed by atoms with E-state index in [1.165, 1.54) is 11.4 Å². The van der Waals surface area contributed by atoms with Crippen LogP contribution in [0.5, 0.6) is 0 Å². The van der Waals surface area contributed by atoms with E-state index in [0.717, 1.165) is 0 Å². The molecule has 1 fully saturated rings. The summed E-state index contributed by atoms with van der Waals surface area (Å²) in [6.07, 6.45) is 0.630. The zero-order chi connectivity index (χ0) is 17.3. The zero-order valence-electron chi connectivity index (χ0n) is 14.2. The van der Waals surface area contributed by atoms with E-state index in [-0.39, 0.29) is 35.2 Å². The predicted molar refractivity (Wildman–Crippen MR) is 95.6 cm³/mol. The number of hydrogen-bond acceptors (Lipinski definition) is 5. The Kier molecular flexibility index (Phi) is 6.81. The molecule has 0 spiro atoms. The third-order valence-electron chi connectivity index (χ3n) is 4.43. The second-order valence-corrected chi connectivity index (χ2v) is 8.59. The largest absolute Gasteiger partial charge is 0.465 e. The van der Waals surface area contributed by atoms with Gasteiger partial charge in [0.05, 0.1) is 18.4 Å². The number of benzene rings is 1. The van der Waals surface area contributed by atoms with Crippen molar-refractivity contribution in [1.82, 2.24) is 4.31 Å². The summed E-state index contributed by atoms with van der Waals surface area (Å²) >= 11 is 0. The van der Waals surface area contributed by atoms with Crippen LogP contribution in [-0.2, 0) is 20.5 Å². The second kappa shape index (κ2) is 7.82. The van der Waals surface area contributed by atoms with Gasteiger partial charge in [-0.15, -0.1) is 12.4 Å². The molecule has 1 aromatic carbocycles. The maximum absolute atomic E-state index is 12.7. The van der Waals surface area contributed by atoms with Crippen LogP contribution in [0.4, 0.5) is 0 Å². The smallest absolute Gasteiger partial charge is 0.338 e. The number of methoxy groups -OCH3 is 1. The monoisotopic (exact) mass is 376 g/mol. The fraction of sp³-hybridized carbons (Fsp3) is 0.562. The highest BCUT2D eigenvalue weighted by atomic mass is 35.5. The van der Waals surface area contributed by atoms with Gasteiger partial charge in [-0.3, -0.25) is 0 Å². The molecule has 24 heavy (non-hydrogen) atoms. The van der Waals surface area contributed by atoms with Gasteiger partial charge in [0.2, 0.25) is 10.0 Å². The van der Waals surface area contributed by atoms with Crippen molar-refractivity contribution in [2.24, 2.45) is 11.1 Å². The van der Waals surface area contributed by atoms with Crippen molar-refractivity contribution < 1.29 is 17.9 Å². The minimum atomic E-state index is -3.53. The maximum atomic E-state index is 12.7. The van der Waals surface area contributed by atoms with Gasteiger partial charge >= 0.3 is 5.97 Å². The summed E-state index contributed by atoms with van der Waals surface area (Å²) in [6.45, 7) is 4.74. The van der Waals surface area contributed by atoms with Gasteiger partial charge in [-0.2, -0.15) is 0 Å². The van der Waals surface area contributed by atoms with Gasteiger partial charge in [0.1, 0.15) is 0 Å². The van der Waals surface area contributed by atoms with Gasteiger partial charge in [-0.1, -0.05) is 32.0 Å². The number of sulfonamides is 1. The average Bonchev–Trinajstić information content (AvgIpc) is 2.49. The molecule has 8 heteroatoms. The van der Waals surface area contributed by atoms with E-state index in [2.05, 4.69) is 0 Å². The lowest BCUT2D eigenvalue weighted by Crippen LogP contribution is -2.54. The summed E-state index contributed by atoms with van der Waals surface area (Å²) in [4.78, 5) is 11.8. The van der Waals surface area contributed by atoms with E-state index >= 15 is 0 Å². The summed E-state index contributed by atoms with van der Waals surface area (Å²) < 4.78 is 31.7. The molecule has 1 saturated heterocycles. The maximum Gasteiger partial charge on any atom is 0.338 e. The SMILES string of the molecule is COC(=O)c1ccccc1CS(=O)(=O)N1CCC(N)C(C)(C)C1.Cl. The molecule has 1 aromatic rings. The molecule has 0 radical (unpaired) electrons. The Morgan fingerprint density at radius 2 is 2.00 bits per heavy atom. The van der Waals surface area contributed by atoms with Crippen LogP contribution in [-0.4, -0.2) is 44.9 Å². The van der Waals surface area contributed by atoms with Gasteiger partial charge in [-0.05, 0) is 23.5 Å². The Labute approximate surface area is 149 Å². The van der Waals surface area contributed by atoms with Crippen LogP contribution in [0.25, 0.3) is 0 Å². The average molecular weight is 377 g/mol. The van der Waals surface area contributed by atoms with Crippen molar-refractivity contribution >= 4 is 28.4 Å². The number of nitrogens with two attached hydrogens (primary N) is 1. The molecule has 0 aliphatic carbocycles. The van der Waals surface area contributed by atoms with Crippen LogP contribution in [0.2, 0.25) is 0 Å². The van der Waals surface area contributed by atoms with Crippen molar-refractivity contribution in [1.29, 1.82) is 0 Å². The number of piperidine rings is 1. The summed E-state index contributed by atoms with van der Waals surface area (Å²) in [5.74, 6) is -0.749. The molecule has 1 heterocycles. The molecular weight excluding hydrogens is 352 g/mol. The van der Waals surface area contributed by atoms with Gasteiger partial charge in [0.25, 0.3) is 0 Å². The van der Waals surface area contributed by atoms with Gasteiger partial charge < -0.3 is 10.5 Å². The van der Waals surface area contributed by atoms with Crippen molar-refractivity contribution in [2.75, 3.05) is 20.2 Å². The van der Waals surface area contributed by atoms with Crippen LogP contribution >= 0.6 is 12.4 Å². The van der Waals surface area contributed by atoms with E-state index < -0.39 is 16.0 Å². The molecule has 0 saturated carbocycles. The van der Waals surface area contributed by atoms with Crippen LogP contribution in [0.3, 0.4) is 0 Å². The first kappa shape index (κ1) is 20.9. The van der Waals surface area contributed by atoms with Gasteiger partial charge in [-0.25, -0.2) is 17.5 Å². The van der Waals surface area contributed by atoms with Gasteiger partial charge in [0.15, 0.2) is 0 Å². The third kappa shape index (κ3) is 4.47. The molecule has 1 aliphatic heterocycles. The van der Waals surface area contributed by atoms with Crippen molar-refractivity contribution in [3.63, 3.8) is 0 Å². The van der Waals surface area contributed by atoms with Crippen molar-refractivity contribution in [3.8, 4) is 0 Å². The molecule has 1 atom stereocenters. The molecule has 1 aliphatic rings. The minimum Gasteiger partial charge on any atom is -0.465 e. The first-order valence-corrected chi connectivity index (χ1v) is 9.18. The number of rotatable bonds is 4. The quantitative estimate of drug-likeness (QED) is 0.809. The number of carbonyl (C=O) groups is 1. The molecule has 2 rings (SSSR count). The summed E-state index contributed by atoms with van der Waals surface area (Å²) in [5, 5.41) is 0. The molecule has 0 bridgehead atoms. The fourth-order valence-corrected chi connectivity index (χ4v) is 4.55. The summed E-state index contributed by atoms with van der Waals surface area (Å²) in [5.41, 5.74) is 6.53. The molecule has 0 amide bonds. The number of carbonyl (C=O) groups excluding carboxylic acids is 1. The minimum absolute atomic E-state index is 0. The van der Waals surface area contributed by atoms with Crippen LogP contribution in [0, 0.1) is 5.41 Å². The lowest BCUT2D eigenvalue weighted by molar-refractivity contribution is 0.0600. The van der Waals surface area contributed by atoms with Crippen molar-refractivity contribution in [2.45, 2.75) is 32.1 Å². The standard InChI is InChI=1S/C16H24N2O4S.ClH/c1-16(2)11-18(9-8-14(16)17)23(20,21)10-12-6-4-5-7-13(12)15(19)22-3;/h4-7,14H,8-11,17H2,1-3H3;1H. The Hall–Kier alpha value is -1.15. The number of halogens is 1. The topological polar surface area (TPSA) is 89.7 Å². The van der Waals surface area contributed by atoms with E-state index in [4.69, 9.17) is 10.5 Å². The van der Waals surface area contributed by atoms with Gasteiger partial charge in [0, 0.05) is 19.1 Å². The number of hydrogen-bond donors (Lipinski definition) is 1. The van der Waals surface area contributed by atoms with Crippen molar-refractivity contribution in [3.05, 3.63) is 35.4 Å². The molecule has 0 aromatic heterocycles. The van der Waals surface area contributed by atoms with E-state index in [0.29, 0.717) is 25.1 Å². The van der Waals surface area contributed by atoms with Crippen LogP contribution < -0.4 is 5.73 Å². The summed E-state index contributed by atoms with van der Waals surface area (Å²) in [6, 6.07) is 6.60. The predicted octanol–water partition coefficient (Wildman–Crippen LogP) is 1.78. The van der Waals surface area contributed by atoms with E-state index in [1.54, 1.807) is 24.3 Å². The number of esters is 1. The lowest BCUT2D eigenvalue weighted by atomic mass is 9.81. The Balaban J connectivity index is 0.00000288. The lowest BCUT2D eigenvalue weighted by Gasteiger charge is -2.41. The first-order chi connectivity index (χ1) is 10.7. The Morgan fingerprint density at radius 3 is 2.58 bits per heavy atom. The molecule has 2 N–H and O–H groups in total. The number of ether oxygens (including phenoxy) is 1. The Bertz CT molecular complexity index is 691. The van der Waals surface area contributed by atoms with E-state index in [1.807, 2.05) is 13.8 Å². The highest BCUT2D eigenvalue weighted by molar-refractivity contribution is 7.88. The summed E-state index contributed by atoms with van der Waals surface area (Å²) in [7, 11) is -2.25. The van der Waals surface area contributed by atoms with Crippen LogP contribution in [0.15, 0.2) is 24.3 Å². The molecule has 136 valence electrons. The molecule has 1 unspecified atom stereocenters. The van der Waals surface area contributed by atoms with E-state index in [9.17, 15) is 13.2 Å². The first-order valence-electron chi connectivity index (χ1n) is 7.57. The zero-order valence-corrected chi connectivity index (χ0v) is 15.8.